The van der Waals surface area contributed by atoms with E-state index in [1.165, 1.54) is 24.3 Å². The Morgan fingerprint density at radius 1 is 1.20 bits per heavy atom. The topological polar surface area (TPSA) is 83.2 Å². The fraction of sp³-hybridized carbons (Fsp3) is 0.350. The van der Waals surface area contributed by atoms with Crippen molar-refractivity contribution < 1.29 is 22.7 Å². The molecule has 2 aromatic rings. The van der Waals surface area contributed by atoms with E-state index in [0.29, 0.717) is 12.1 Å². The number of H-pyrrole nitrogens is 1. The Hall–Kier alpha value is -2.88. The summed E-state index contributed by atoms with van der Waals surface area (Å²) in [4.78, 5) is 26.0. The largest absolute Gasteiger partial charge is 0.493 e. The predicted molar refractivity (Wildman–Crippen MR) is 112 cm³/mol. The van der Waals surface area contributed by atoms with Crippen molar-refractivity contribution >= 4 is 28.9 Å². The van der Waals surface area contributed by atoms with Gasteiger partial charge in [0, 0.05) is 17.4 Å². The first kappa shape index (κ1) is 23.4. The first-order valence-electron chi connectivity index (χ1n) is 9.28. The highest BCUT2D eigenvalue weighted by molar-refractivity contribution is 7.80. The first-order valence-corrected chi connectivity index (χ1v) is 9.69. The third-order valence-corrected chi connectivity index (χ3v) is 4.34. The number of hydrogen-bond acceptors (Lipinski definition) is 4. The van der Waals surface area contributed by atoms with E-state index < -0.39 is 17.6 Å². The molecule has 6 nitrogen and oxygen atoms in total. The highest BCUT2D eigenvalue weighted by Crippen LogP contribution is 2.38. The molecule has 162 valence electrons. The Bertz CT molecular complexity index is 974. The molecule has 1 aromatic heterocycles. The van der Waals surface area contributed by atoms with Crippen LogP contribution >= 0.6 is 12.2 Å². The van der Waals surface area contributed by atoms with E-state index in [-0.39, 0.29) is 34.3 Å². The van der Waals surface area contributed by atoms with Gasteiger partial charge in [0.25, 0.3) is 5.91 Å². The van der Waals surface area contributed by atoms with E-state index in [2.05, 4.69) is 15.6 Å². The van der Waals surface area contributed by atoms with E-state index >= 15 is 0 Å². The number of benzene rings is 1. The number of aromatic nitrogens is 1. The van der Waals surface area contributed by atoms with Crippen LogP contribution in [0.4, 0.5) is 18.9 Å². The fourth-order valence-corrected chi connectivity index (χ4v) is 2.86. The number of carbonyl (C=O) groups excluding carboxylic acids is 1. The van der Waals surface area contributed by atoms with Gasteiger partial charge in [0.1, 0.15) is 5.75 Å². The minimum atomic E-state index is -4.62. The van der Waals surface area contributed by atoms with E-state index in [0.717, 1.165) is 18.9 Å². The second kappa shape index (κ2) is 10.2. The van der Waals surface area contributed by atoms with Gasteiger partial charge >= 0.3 is 6.18 Å². The standard InChI is InChI=1S/C20H22F3N3O3S/c1-3-4-5-10-29-16-8-6-13(11-15(16)20(21,22)23)25-19(30)26-18(28)14-7-9-17(27)24-12(14)2/h6-9,11H,3-5,10H2,1-2H3,(H,24,27)(H2,25,26,28,30). The molecular weight excluding hydrogens is 419 g/mol. The van der Waals surface area contributed by atoms with Crippen molar-refractivity contribution in [3.05, 3.63) is 57.5 Å². The minimum Gasteiger partial charge on any atom is -0.493 e. The number of hydrogen-bond donors (Lipinski definition) is 3. The van der Waals surface area contributed by atoms with Crippen molar-refractivity contribution in [2.24, 2.45) is 0 Å². The van der Waals surface area contributed by atoms with Crippen LogP contribution in [-0.4, -0.2) is 22.6 Å². The van der Waals surface area contributed by atoms with Crippen molar-refractivity contribution in [2.75, 3.05) is 11.9 Å². The number of pyridine rings is 1. The highest BCUT2D eigenvalue weighted by atomic mass is 32.1. The lowest BCUT2D eigenvalue weighted by Crippen LogP contribution is -2.35. The van der Waals surface area contributed by atoms with Crippen LogP contribution in [0, 0.1) is 6.92 Å². The molecule has 0 radical (unpaired) electrons. The SMILES string of the molecule is CCCCCOc1ccc(NC(=S)NC(=O)c2ccc(=O)[nH]c2C)cc1C(F)(F)F. The van der Waals surface area contributed by atoms with Gasteiger partial charge in [-0.2, -0.15) is 13.2 Å². The van der Waals surface area contributed by atoms with Crippen molar-refractivity contribution in [3.63, 3.8) is 0 Å². The third-order valence-electron chi connectivity index (χ3n) is 4.14. The number of ether oxygens (including phenoxy) is 1. The van der Waals surface area contributed by atoms with Gasteiger partial charge in [0.05, 0.1) is 17.7 Å². The van der Waals surface area contributed by atoms with E-state index in [4.69, 9.17) is 17.0 Å². The predicted octanol–water partition coefficient (Wildman–Crippen LogP) is 4.40. The van der Waals surface area contributed by atoms with Gasteiger partial charge in [-0.15, -0.1) is 0 Å². The maximum Gasteiger partial charge on any atom is 0.420 e. The van der Waals surface area contributed by atoms with Crippen LogP contribution in [0.1, 0.15) is 47.8 Å². The van der Waals surface area contributed by atoms with Crippen LogP contribution in [0.25, 0.3) is 0 Å². The molecule has 0 bridgehead atoms. The first-order chi connectivity index (χ1) is 14.1. The number of thiocarbonyl (C=S) groups is 1. The Labute approximate surface area is 176 Å². The fourth-order valence-electron chi connectivity index (χ4n) is 2.65. The van der Waals surface area contributed by atoms with E-state index in [1.54, 1.807) is 6.92 Å². The summed E-state index contributed by atoms with van der Waals surface area (Å²) in [7, 11) is 0. The van der Waals surface area contributed by atoms with Crippen molar-refractivity contribution in [3.8, 4) is 5.75 Å². The summed E-state index contributed by atoms with van der Waals surface area (Å²) in [6.07, 6.45) is -2.16. The monoisotopic (exact) mass is 441 g/mol. The van der Waals surface area contributed by atoms with Gasteiger partial charge in [-0.05, 0) is 49.8 Å². The number of aryl methyl sites for hydroxylation is 1. The van der Waals surface area contributed by atoms with E-state index in [9.17, 15) is 22.8 Å². The van der Waals surface area contributed by atoms with Gasteiger partial charge in [-0.3, -0.25) is 14.9 Å². The molecule has 1 aromatic carbocycles. The molecule has 0 saturated heterocycles. The summed E-state index contributed by atoms with van der Waals surface area (Å²) in [5, 5.41) is 4.75. The second-order valence-corrected chi connectivity index (χ2v) is 6.94. The molecular formula is C20H22F3N3O3S. The Morgan fingerprint density at radius 3 is 2.57 bits per heavy atom. The van der Waals surface area contributed by atoms with Crippen molar-refractivity contribution in [2.45, 2.75) is 39.3 Å². The maximum absolute atomic E-state index is 13.4. The lowest BCUT2D eigenvalue weighted by Gasteiger charge is -2.16. The number of nitrogens with one attached hydrogen (secondary N) is 3. The molecule has 0 aliphatic rings. The van der Waals surface area contributed by atoms with Crippen LogP contribution in [-0.2, 0) is 6.18 Å². The molecule has 0 unspecified atom stereocenters. The molecule has 1 amide bonds. The van der Waals surface area contributed by atoms with Gasteiger partial charge in [-0.1, -0.05) is 19.8 Å². The molecule has 0 aliphatic heterocycles. The molecule has 0 saturated carbocycles. The molecule has 2 rings (SSSR count). The van der Waals surface area contributed by atoms with Crippen LogP contribution in [0.15, 0.2) is 35.1 Å². The lowest BCUT2D eigenvalue weighted by molar-refractivity contribution is -0.138. The summed E-state index contributed by atoms with van der Waals surface area (Å²) >= 11 is 5.02. The third kappa shape index (κ3) is 6.58. The molecule has 0 fully saturated rings. The van der Waals surface area contributed by atoms with Crippen LogP contribution < -0.4 is 20.9 Å². The number of aromatic amines is 1. The molecule has 30 heavy (non-hydrogen) atoms. The zero-order valence-electron chi connectivity index (χ0n) is 16.5. The number of halogens is 3. The van der Waals surface area contributed by atoms with Gasteiger partial charge in [0.15, 0.2) is 5.11 Å². The Morgan fingerprint density at radius 2 is 1.93 bits per heavy atom. The Kier molecular flexibility index (Phi) is 7.99. The van der Waals surface area contributed by atoms with Gasteiger partial charge in [0.2, 0.25) is 5.56 Å². The summed E-state index contributed by atoms with van der Waals surface area (Å²) in [6, 6.07) is 5.99. The minimum absolute atomic E-state index is 0.0479. The normalized spacial score (nSPS) is 11.1. The molecule has 3 N–H and O–H groups in total. The summed E-state index contributed by atoms with van der Waals surface area (Å²) in [5.74, 6) is -0.865. The van der Waals surface area contributed by atoms with Gasteiger partial charge < -0.3 is 15.0 Å². The highest BCUT2D eigenvalue weighted by Gasteiger charge is 2.34. The number of alkyl halides is 3. The zero-order valence-corrected chi connectivity index (χ0v) is 17.3. The second-order valence-electron chi connectivity index (χ2n) is 6.53. The quantitative estimate of drug-likeness (QED) is 0.438. The van der Waals surface area contributed by atoms with Gasteiger partial charge in [-0.25, -0.2) is 0 Å². The summed E-state index contributed by atoms with van der Waals surface area (Å²) in [6.45, 7) is 3.72. The lowest BCUT2D eigenvalue weighted by atomic mass is 10.1. The maximum atomic E-state index is 13.4. The van der Waals surface area contributed by atoms with E-state index in [1.807, 2.05) is 6.92 Å². The molecule has 0 spiro atoms. The average molecular weight is 441 g/mol. The summed E-state index contributed by atoms with van der Waals surface area (Å²) < 4.78 is 45.5. The number of anilines is 1. The smallest absolute Gasteiger partial charge is 0.420 e. The van der Waals surface area contributed by atoms with Crippen molar-refractivity contribution in [1.82, 2.24) is 10.3 Å². The van der Waals surface area contributed by atoms with Crippen LogP contribution in [0.2, 0.25) is 0 Å². The zero-order chi connectivity index (χ0) is 22.3. The Balaban J connectivity index is 2.10. The number of carbonyl (C=O) groups is 1. The number of rotatable bonds is 7. The van der Waals surface area contributed by atoms with Crippen LogP contribution in [0.3, 0.4) is 0 Å². The number of amides is 1. The molecule has 0 aliphatic carbocycles. The molecule has 10 heteroatoms. The molecule has 1 heterocycles. The van der Waals surface area contributed by atoms with Crippen LogP contribution in [0.5, 0.6) is 5.75 Å². The average Bonchev–Trinajstić information content (AvgIpc) is 2.65. The molecule has 0 atom stereocenters. The summed E-state index contributed by atoms with van der Waals surface area (Å²) in [5.41, 5.74) is -0.722. The van der Waals surface area contributed by atoms with Crippen molar-refractivity contribution in [1.29, 1.82) is 0 Å². The number of unbranched alkanes of at least 4 members (excludes halogenated alkanes) is 2.